The van der Waals surface area contributed by atoms with Crippen LogP contribution in [-0.4, -0.2) is 30.8 Å². The first-order chi connectivity index (χ1) is 12.0. The minimum atomic E-state index is -0.621. The van der Waals surface area contributed by atoms with Crippen LogP contribution in [-0.2, 0) is 16.0 Å². The Kier molecular flexibility index (Phi) is 6.33. The molecule has 0 spiro atoms. The van der Waals surface area contributed by atoms with Crippen molar-refractivity contribution in [3.8, 4) is 5.75 Å². The van der Waals surface area contributed by atoms with Crippen LogP contribution in [0.2, 0.25) is 0 Å². The molecule has 25 heavy (non-hydrogen) atoms. The van der Waals surface area contributed by atoms with Crippen LogP contribution in [0.5, 0.6) is 5.75 Å². The van der Waals surface area contributed by atoms with Crippen LogP contribution >= 0.6 is 0 Å². The van der Waals surface area contributed by atoms with E-state index in [-0.39, 0.29) is 18.0 Å². The number of nitrogens with one attached hydrogen (secondary N) is 2. The van der Waals surface area contributed by atoms with E-state index in [1.807, 2.05) is 0 Å². The molecule has 1 atom stereocenters. The van der Waals surface area contributed by atoms with Gasteiger partial charge in [-0.3, -0.25) is 4.79 Å². The maximum Gasteiger partial charge on any atom is 0.319 e. The molecule has 0 bridgehead atoms. The third-order valence-electron chi connectivity index (χ3n) is 3.58. The minimum absolute atomic E-state index is 0.0217. The highest BCUT2D eigenvalue weighted by Gasteiger charge is 2.21. The number of para-hydroxylation sites is 1. The number of anilines is 1. The largest absolute Gasteiger partial charge is 0.508 e. The Hall–Kier alpha value is -3.09. The average molecular weight is 346 g/mol. The molecule has 0 saturated carbocycles. The Morgan fingerprint density at radius 1 is 1.16 bits per heavy atom. The number of carbonyl (C=O) groups excluding carboxylic acids is 2. The van der Waals surface area contributed by atoms with E-state index in [1.54, 1.807) is 18.2 Å². The second-order valence-electron chi connectivity index (χ2n) is 5.41. The SMILES string of the molecule is COC(=O)[C@@H](CNC(=O)Nc1ccccc1F)Cc1ccc(O)cc1. The van der Waals surface area contributed by atoms with Gasteiger partial charge in [0.2, 0.25) is 0 Å². The van der Waals surface area contributed by atoms with Crippen LogP contribution in [0.1, 0.15) is 5.56 Å². The van der Waals surface area contributed by atoms with Crippen LogP contribution in [0.3, 0.4) is 0 Å². The van der Waals surface area contributed by atoms with Gasteiger partial charge in [0.15, 0.2) is 0 Å². The third kappa shape index (κ3) is 5.49. The minimum Gasteiger partial charge on any atom is -0.508 e. The van der Waals surface area contributed by atoms with E-state index >= 15 is 0 Å². The highest BCUT2D eigenvalue weighted by Crippen LogP contribution is 2.15. The van der Waals surface area contributed by atoms with Crippen LogP contribution in [0.15, 0.2) is 48.5 Å². The van der Waals surface area contributed by atoms with Crippen molar-refractivity contribution in [3.63, 3.8) is 0 Å². The van der Waals surface area contributed by atoms with Crippen molar-refractivity contribution in [2.75, 3.05) is 19.0 Å². The quantitative estimate of drug-likeness (QED) is 0.702. The van der Waals surface area contributed by atoms with E-state index in [1.165, 1.54) is 37.4 Å². The first-order valence-electron chi connectivity index (χ1n) is 7.64. The van der Waals surface area contributed by atoms with Gasteiger partial charge in [-0.2, -0.15) is 0 Å². The van der Waals surface area contributed by atoms with Crippen molar-refractivity contribution in [2.45, 2.75) is 6.42 Å². The van der Waals surface area contributed by atoms with Gasteiger partial charge in [-0.1, -0.05) is 24.3 Å². The number of carbonyl (C=O) groups is 2. The molecular formula is C18H19FN2O4. The number of urea groups is 1. The molecule has 0 fully saturated rings. The van der Waals surface area contributed by atoms with Gasteiger partial charge in [-0.05, 0) is 36.2 Å². The lowest BCUT2D eigenvalue weighted by molar-refractivity contribution is -0.145. The summed E-state index contributed by atoms with van der Waals surface area (Å²) in [5, 5.41) is 14.2. The summed E-state index contributed by atoms with van der Waals surface area (Å²) in [4.78, 5) is 23.8. The Bertz CT molecular complexity index is 734. The van der Waals surface area contributed by atoms with Crippen molar-refractivity contribution in [2.24, 2.45) is 5.92 Å². The summed E-state index contributed by atoms with van der Waals surface area (Å²) >= 11 is 0. The molecule has 6 nitrogen and oxygen atoms in total. The molecule has 2 rings (SSSR count). The highest BCUT2D eigenvalue weighted by atomic mass is 19.1. The van der Waals surface area contributed by atoms with Crippen LogP contribution in [0, 0.1) is 11.7 Å². The number of benzene rings is 2. The lowest BCUT2D eigenvalue weighted by Crippen LogP contribution is -2.37. The van der Waals surface area contributed by atoms with Gasteiger partial charge in [0.25, 0.3) is 0 Å². The second-order valence-corrected chi connectivity index (χ2v) is 5.41. The number of halogens is 1. The maximum absolute atomic E-state index is 13.5. The average Bonchev–Trinajstić information content (AvgIpc) is 2.61. The predicted molar refractivity (Wildman–Crippen MR) is 90.7 cm³/mol. The normalized spacial score (nSPS) is 11.4. The Labute approximate surface area is 144 Å². The van der Waals surface area contributed by atoms with Crippen molar-refractivity contribution in [1.29, 1.82) is 0 Å². The van der Waals surface area contributed by atoms with Crippen LogP contribution < -0.4 is 10.6 Å². The van der Waals surface area contributed by atoms with Gasteiger partial charge in [0.1, 0.15) is 11.6 Å². The van der Waals surface area contributed by atoms with Crippen molar-refractivity contribution in [3.05, 3.63) is 59.9 Å². The van der Waals surface area contributed by atoms with Gasteiger partial charge in [0.05, 0.1) is 18.7 Å². The van der Waals surface area contributed by atoms with E-state index in [0.717, 1.165) is 5.56 Å². The van der Waals surface area contributed by atoms with Gasteiger partial charge in [-0.15, -0.1) is 0 Å². The van der Waals surface area contributed by atoms with Crippen molar-refractivity contribution >= 4 is 17.7 Å². The monoisotopic (exact) mass is 346 g/mol. The van der Waals surface area contributed by atoms with E-state index in [2.05, 4.69) is 10.6 Å². The topological polar surface area (TPSA) is 87.7 Å². The molecule has 2 aromatic rings. The second kappa shape index (κ2) is 8.68. The molecule has 0 radical (unpaired) electrons. The predicted octanol–water partition coefficient (Wildman–Crippen LogP) is 2.68. The Balaban J connectivity index is 1.95. The molecule has 0 heterocycles. The van der Waals surface area contributed by atoms with Crippen molar-refractivity contribution < 1.29 is 23.8 Å². The number of methoxy groups -OCH3 is 1. The van der Waals surface area contributed by atoms with Crippen LogP contribution in [0.4, 0.5) is 14.9 Å². The summed E-state index contributed by atoms with van der Waals surface area (Å²) in [5.74, 6) is -1.51. The zero-order valence-electron chi connectivity index (χ0n) is 13.7. The maximum atomic E-state index is 13.5. The number of hydrogen-bond donors (Lipinski definition) is 3. The fourth-order valence-electron chi connectivity index (χ4n) is 2.27. The van der Waals surface area contributed by atoms with E-state index < -0.39 is 23.7 Å². The molecule has 132 valence electrons. The number of aromatic hydroxyl groups is 1. The number of esters is 1. The number of rotatable bonds is 6. The zero-order chi connectivity index (χ0) is 18.2. The molecule has 0 saturated heterocycles. The number of phenolic OH excluding ortho intramolecular Hbond substituents is 1. The smallest absolute Gasteiger partial charge is 0.319 e. The fourth-order valence-corrected chi connectivity index (χ4v) is 2.27. The molecule has 2 aromatic carbocycles. The molecule has 7 heteroatoms. The summed E-state index contributed by atoms with van der Waals surface area (Å²) in [6, 6.07) is 11.6. The number of ether oxygens (including phenoxy) is 1. The summed E-state index contributed by atoms with van der Waals surface area (Å²) in [6.07, 6.45) is 0.326. The Morgan fingerprint density at radius 2 is 1.84 bits per heavy atom. The highest BCUT2D eigenvalue weighted by molar-refractivity contribution is 5.89. The molecule has 3 N–H and O–H groups in total. The first-order valence-corrected chi connectivity index (χ1v) is 7.64. The van der Waals surface area contributed by atoms with Crippen LogP contribution in [0.25, 0.3) is 0 Å². The Morgan fingerprint density at radius 3 is 2.48 bits per heavy atom. The van der Waals surface area contributed by atoms with Gasteiger partial charge < -0.3 is 20.5 Å². The summed E-state index contributed by atoms with van der Waals surface area (Å²) in [5.41, 5.74) is 0.859. The number of phenols is 1. The van der Waals surface area contributed by atoms with E-state index in [0.29, 0.717) is 6.42 Å². The molecule has 0 aliphatic carbocycles. The van der Waals surface area contributed by atoms with E-state index in [4.69, 9.17) is 4.74 Å². The van der Waals surface area contributed by atoms with Gasteiger partial charge in [0, 0.05) is 6.54 Å². The van der Waals surface area contributed by atoms with Gasteiger partial charge >= 0.3 is 12.0 Å². The molecule has 2 amide bonds. The fraction of sp³-hybridized carbons (Fsp3) is 0.222. The van der Waals surface area contributed by atoms with Gasteiger partial charge in [-0.25, -0.2) is 9.18 Å². The van der Waals surface area contributed by atoms with Crippen molar-refractivity contribution in [1.82, 2.24) is 5.32 Å². The number of amides is 2. The first kappa shape index (κ1) is 18.3. The molecule has 0 aliphatic rings. The lowest BCUT2D eigenvalue weighted by Gasteiger charge is -2.16. The number of hydrogen-bond acceptors (Lipinski definition) is 4. The molecular weight excluding hydrogens is 327 g/mol. The molecule has 0 aliphatic heterocycles. The summed E-state index contributed by atoms with van der Waals surface area (Å²) < 4.78 is 18.3. The molecule has 0 aromatic heterocycles. The van der Waals surface area contributed by atoms with E-state index in [9.17, 15) is 19.1 Å². The molecule has 0 unspecified atom stereocenters. The zero-order valence-corrected chi connectivity index (χ0v) is 13.7. The standard InChI is InChI=1S/C18H19FN2O4/c1-25-17(23)13(10-12-6-8-14(22)9-7-12)11-20-18(24)21-16-5-3-2-4-15(16)19/h2-9,13,22H,10-11H2,1H3,(H2,20,21,24)/t13-/m1/s1. The lowest BCUT2D eigenvalue weighted by atomic mass is 9.99. The summed E-state index contributed by atoms with van der Waals surface area (Å²) in [7, 11) is 1.27. The summed E-state index contributed by atoms with van der Waals surface area (Å²) in [6.45, 7) is 0.0217. The third-order valence-corrected chi connectivity index (χ3v) is 3.58.